The zero-order chi connectivity index (χ0) is 12.1. The van der Waals surface area contributed by atoms with Crippen molar-refractivity contribution >= 4 is 11.6 Å². The van der Waals surface area contributed by atoms with Gasteiger partial charge in [0.1, 0.15) is 5.82 Å². The van der Waals surface area contributed by atoms with Gasteiger partial charge < -0.3 is 5.73 Å². The third kappa shape index (κ3) is 3.17. The van der Waals surface area contributed by atoms with Crippen LogP contribution >= 0.6 is 11.6 Å². The first-order valence-corrected chi connectivity index (χ1v) is 5.83. The fraction of sp³-hybridized carbons (Fsp3) is 0.500. The fourth-order valence-corrected chi connectivity index (χ4v) is 2.12. The number of nitrogens with zero attached hydrogens (tertiary/aromatic N) is 1. The summed E-state index contributed by atoms with van der Waals surface area (Å²) < 4.78 is 12.9. The number of hydrogen-bond donors (Lipinski definition) is 1. The summed E-state index contributed by atoms with van der Waals surface area (Å²) in [5.41, 5.74) is 6.64. The molecule has 0 heterocycles. The third-order valence-electron chi connectivity index (χ3n) is 2.65. The zero-order valence-corrected chi connectivity index (χ0v) is 10.5. The van der Waals surface area contributed by atoms with Crippen molar-refractivity contribution in [2.24, 2.45) is 5.73 Å². The lowest BCUT2D eigenvalue weighted by molar-refractivity contribution is 0.250. The van der Waals surface area contributed by atoms with E-state index < -0.39 is 0 Å². The van der Waals surface area contributed by atoms with Gasteiger partial charge in [0.15, 0.2) is 0 Å². The molecule has 0 bridgehead atoms. The van der Waals surface area contributed by atoms with Crippen LogP contribution in [0.3, 0.4) is 0 Å². The average Bonchev–Trinajstić information content (AvgIpc) is 2.22. The maximum Gasteiger partial charge on any atom is 0.124 e. The molecule has 0 fully saturated rings. The van der Waals surface area contributed by atoms with Gasteiger partial charge in [-0.25, -0.2) is 4.39 Å². The molecule has 1 unspecified atom stereocenters. The lowest BCUT2D eigenvalue weighted by Crippen LogP contribution is -2.31. The second-order valence-electron chi connectivity index (χ2n) is 3.90. The Morgan fingerprint density at radius 3 is 2.69 bits per heavy atom. The number of benzene rings is 1. The van der Waals surface area contributed by atoms with Crippen molar-refractivity contribution in [3.63, 3.8) is 0 Å². The first-order chi connectivity index (χ1) is 7.60. The Labute approximate surface area is 101 Å². The molecule has 0 amide bonds. The van der Waals surface area contributed by atoms with Gasteiger partial charge in [-0.2, -0.15) is 0 Å². The van der Waals surface area contributed by atoms with E-state index in [0.717, 1.165) is 18.5 Å². The molecular formula is C12H18ClFN2. The Hall–Kier alpha value is -0.640. The van der Waals surface area contributed by atoms with E-state index >= 15 is 0 Å². The number of nitrogens with two attached hydrogens (primary N) is 1. The minimum absolute atomic E-state index is 0.0491. The molecule has 0 saturated heterocycles. The summed E-state index contributed by atoms with van der Waals surface area (Å²) in [4.78, 5) is 2.14. The Morgan fingerprint density at radius 2 is 2.19 bits per heavy atom. The van der Waals surface area contributed by atoms with E-state index in [1.165, 1.54) is 12.1 Å². The maximum absolute atomic E-state index is 12.9. The Morgan fingerprint density at radius 1 is 1.50 bits per heavy atom. The smallest absolute Gasteiger partial charge is 0.124 e. The van der Waals surface area contributed by atoms with Crippen molar-refractivity contribution in [2.75, 3.05) is 20.1 Å². The van der Waals surface area contributed by atoms with Gasteiger partial charge in [-0.1, -0.05) is 24.6 Å². The van der Waals surface area contributed by atoms with Gasteiger partial charge in [0.2, 0.25) is 0 Å². The summed E-state index contributed by atoms with van der Waals surface area (Å²) in [5, 5.41) is 0.443. The molecule has 0 radical (unpaired) electrons. The summed E-state index contributed by atoms with van der Waals surface area (Å²) in [6.07, 6.45) is 1.05. The van der Waals surface area contributed by atoms with Gasteiger partial charge in [0.05, 0.1) is 0 Å². The quantitative estimate of drug-likeness (QED) is 0.863. The van der Waals surface area contributed by atoms with Gasteiger partial charge in [-0.3, -0.25) is 4.90 Å². The Kier molecular flexibility index (Phi) is 5.19. The van der Waals surface area contributed by atoms with Crippen LogP contribution in [-0.2, 0) is 0 Å². The predicted octanol–water partition coefficient (Wildman–Crippen LogP) is 2.82. The highest BCUT2D eigenvalue weighted by molar-refractivity contribution is 6.31. The minimum Gasteiger partial charge on any atom is -0.329 e. The van der Waals surface area contributed by atoms with E-state index in [9.17, 15) is 4.39 Å². The largest absolute Gasteiger partial charge is 0.329 e. The molecule has 0 aliphatic heterocycles. The maximum atomic E-state index is 12.9. The highest BCUT2D eigenvalue weighted by Gasteiger charge is 2.17. The number of hydrogen-bond acceptors (Lipinski definition) is 2. The van der Waals surface area contributed by atoms with E-state index in [1.807, 2.05) is 7.05 Å². The standard InChI is InChI=1S/C12H18ClFN2/c1-3-6-16(2)12(8-15)10-5-4-9(14)7-11(10)13/h4-5,7,12H,3,6,8,15H2,1-2H3. The second-order valence-corrected chi connectivity index (χ2v) is 4.31. The molecule has 1 rings (SSSR count). The first kappa shape index (κ1) is 13.4. The fourth-order valence-electron chi connectivity index (χ4n) is 1.82. The van der Waals surface area contributed by atoms with Gasteiger partial charge in [-0.15, -0.1) is 0 Å². The van der Waals surface area contributed by atoms with E-state index in [2.05, 4.69) is 11.8 Å². The molecule has 1 atom stereocenters. The van der Waals surface area contributed by atoms with Crippen LogP contribution in [-0.4, -0.2) is 25.0 Å². The van der Waals surface area contributed by atoms with Crippen molar-refractivity contribution in [1.29, 1.82) is 0 Å². The van der Waals surface area contributed by atoms with Crippen LogP contribution < -0.4 is 5.73 Å². The van der Waals surface area contributed by atoms with Crippen LogP contribution in [0.4, 0.5) is 4.39 Å². The van der Waals surface area contributed by atoms with Crippen molar-refractivity contribution in [2.45, 2.75) is 19.4 Å². The lowest BCUT2D eigenvalue weighted by atomic mass is 10.1. The van der Waals surface area contributed by atoms with E-state index in [-0.39, 0.29) is 11.9 Å². The topological polar surface area (TPSA) is 29.3 Å². The Bertz CT molecular complexity index is 344. The molecule has 0 aromatic heterocycles. The summed E-state index contributed by atoms with van der Waals surface area (Å²) in [6.45, 7) is 3.52. The normalized spacial score (nSPS) is 13.1. The summed E-state index contributed by atoms with van der Waals surface area (Å²) in [6, 6.07) is 4.51. The predicted molar refractivity (Wildman–Crippen MR) is 66.1 cm³/mol. The van der Waals surface area contributed by atoms with Crippen LogP contribution in [0.25, 0.3) is 0 Å². The summed E-state index contributed by atoms with van der Waals surface area (Å²) in [5.74, 6) is -0.317. The zero-order valence-electron chi connectivity index (χ0n) is 9.71. The third-order valence-corrected chi connectivity index (χ3v) is 2.98. The van der Waals surface area contributed by atoms with Crippen LogP contribution in [0, 0.1) is 5.82 Å². The molecule has 1 aromatic rings. The van der Waals surface area contributed by atoms with Crippen LogP contribution in [0.2, 0.25) is 5.02 Å². The van der Waals surface area contributed by atoms with Gasteiger partial charge in [-0.05, 0) is 37.7 Å². The number of halogens is 2. The lowest BCUT2D eigenvalue weighted by Gasteiger charge is -2.27. The monoisotopic (exact) mass is 244 g/mol. The van der Waals surface area contributed by atoms with Gasteiger partial charge in [0, 0.05) is 17.6 Å². The summed E-state index contributed by atoms with van der Waals surface area (Å²) in [7, 11) is 2.00. The van der Waals surface area contributed by atoms with Crippen LogP contribution in [0.1, 0.15) is 24.9 Å². The van der Waals surface area contributed by atoms with Crippen molar-refractivity contribution in [3.8, 4) is 0 Å². The molecule has 0 spiro atoms. The second kappa shape index (κ2) is 6.18. The molecule has 16 heavy (non-hydrogen) atoms. The van der Waals surface area contributed by atoms with Crippen LogP contribution in [0.15, 0.2) is 18.2 Å². The molecular weight excluding hydrogens is 227 g/mol. The first-order valence-electron chi connectivity index (χ1n) is 5.45. The van der Waals surface area contributed by atoms with Gasteiger partial charge >= 0.3 is 0 Å². The average molecular weight is 245 g/mol. The van der Waals surface area contributed by atoms with Crippen molar-refractivity contribution in [1.82, 2.24) is 4.90 Å². The molecule has 90 valence electrons. The highest BCUT2D eigenvalue weighted by Crippen LogP contribution is 2.26. The van der Waals surface area contributed by atoms with Crippen molar-refractivity contribution in [3.05, 3.63) is 34.6 Å². The molecule has 0 aliphatic rings. The number of likely N-dealkylation sites (N-methyl/N-ethyl adjacent to an activating group) is 1. The van der Waals surface area contributed by atoms with Crippen molar-refractivity contribution < 1.29 is 4.39 Å². The highest BCUT2D eigenvalue weighted by atomic mass is 35.5. The van der Waals surface area contributed by atoms with Crippen LogP contribution in [0.5, 0.6) is 0 Å². The Balaban J connectivity index is 2.94. The van der Waals surface area contributed by atoms with E-state index in [1.54, 1.807) is 6.07 Å². The number of rotatable bonds is 5. The van der Waals surface area contributed by atoms with Gasteiger partial charge in [0.25, 0.3) is 0 Å². The van der Waals surface area contributed by atoms with E-state index in [0.29, 0.717) is 11.6 Å². The molecule has 2 nitrogen and oxygen atoms in total. The minimum atomic E-state index is -0.317. The molecule has 4 heteroatoms. The molecule has 0 aliphatic carbocycles. The molecule has 1 aromatic carbocycles. The summed E-state index contributed by atoms with van der Waals surface area (Å²) >= 11 is 6.03. The van der Waals surface area contributed by atoms with E-state index in [4.69, 9.17) is 17.3 Å². The SMILES string of the molecule is CCCN(C)C(CN)c1ccc(F)cc1Cl. The molecule has 2 N–H and O–H groups in total. The molecule has 0 saturated carbocycles.